The molecule has 0 saturated heterocycles. The van der Waals surface area contributed by atoms with Crippen molar-refractivity contribution in [2.24, 2.45) is 0 Å². The van der Waals surface area contributed by atoms with Gasteiger partial charge in [-0.2, -0.15) is 13.2 Å². The summed E-state index contributed by atoms with van der Waals surface area (Å²) in [5, 5.41) is 2.16. The summed E-state index contributed by atoms with van der Waals surface area (Å²) in [7, 11) is 0. The average molecular weight is 460 g/mol. The van der Waals surface area contributed by atoms with Crippen molar-refractivity contribution in [2.45, 2.75) is 11.8 Å². The Hall–Kier alpha value is -3.65. The third-order valence-electron chi connectivity index (χ3n) is 5.00. The van der Waals surface area contributed by atoms with E-state index in [4.69, 9.17) is 16.3 Å². The topological polar surface area (TPSA) is 72.5 Å². The zero-order valence-corrected chi connectivity index (χ0v) is 16.8. The van der Waals surface area contributed by atoms with E-state index in [0.717, 1.165) is 24.3 Å². The van der Waals surface area contributed by atoms with Crippen LogP contribution in [0.2, 0.25) is 5.02 Å². The van der Waals surface area contributed by atoms with Gasteiger partial charge in [0.2, 0.25) is 0 Å². The number of carbonyl (C=O) groups excluding carboxylic acids is 3. The molecule has 162 valence electrons. The predicted octanol–water partition coefficient (Wildman–Crippen LogP) is 5.14. The van der Waals surface area contributed by atoms with Crippen molar-refractivity contribution in [3.63, 3.8) is 0 Å². The van der Waals surface area contributed by atoms with E-state index in [1.807, 2.05) is 0 Å². The first kappa shape index (κ1) is 21.6. The molecular weight excluding hydrogens is 447 g/mol. The second-order valence-electron chi connectivity index (χ2n) is 6.95. The summed E-state index contributed by atoms with van der Waals surface area (Å²) in [5.74, 6) is -3.63. The minimum Gasteiger partial charge on any atom is -0.430 e. The molecule has 0 aromatic heterocycles. The fourth-order valence-corrected chi connectivity index (χ4v) is 3.67. The molecule has 0 fully saturated rings. The predicted molar refractivity (Wildman–Crippen MR) is 110 cm³/mol. The number of ketones is 1. The lowest BCUT2D eigenvalue weighted by atomic mass is 9.93. The second-order valence-corrected chi connectivity index (χ2v) is 7.39. The van der Waals surface area contributed by atoms with Crippen molar-refractivity contribution in [2.75, 3.05) is 5.32 Å². The van der Waals surface area contributed by atoms with Crippen molar-refractivity contribution in [3.8, 4) is 0 Å². The number of amides is 1. The van der Waals surface area contributed by atoms with E-state index in [1.54, 1.807) is 18.2 Å². The Bertz CT molecular complexity index is 1240. The van der Waals surface area contributed by atoms with Gasteiger partial charge in [-0.3, -0.25) is 9.59 Å². The van der Waals surface area contributed by atoms with Gasteiger partial charge in [-0.05, 0) is 18.2 Å². The molecule has 0 aliphatic carbocycles. The molecular formula is C23H13ClF3NO4. The number of anilines is 1. The zero-order valence-electron chi connectivity index (χ0n) is 16.1. The SMILES string of the molecule is O=C(OC1(C(F)(F)F)C(=O)Nc2cc(Cl)ccc21)c1ccccc1C(=O)c1ccccc1. The van der Waals surface area contributed by atoms with Gasteiger partial charge in [-0.1, -0.05) is 66.2 Å². The molecule has 9 heteroatoms. The molecule has 32 heavy (non-hydrogen) atoms. The van der Waals surface area contributed by atoms with Crippen molar-refractivity contribution < 1.29 is 32.3 Å². The van der Waals surface area contributed by atoms with E-state index in [2.05, 4.69) is 5.32 Å². The summed E-state index contributed by atoms with van der Waals surface area (Å²) in [5.41, 5.74) is -4.74. The minimum atomic E-state index is -5.29. The number of hydrogen-bond donors (Lipinski definition) is 1. The highest BCUT2D eigenvalue weighted by Crippen LogP contribution is 2.50. The van der Waals surface area contributed by atoms with Gasteiger partial charge < -0.3 is 10.1 Å². The molecule has 0 radical (unpaired) electrons. The Morgan fingerprint density at radius 3 is 2.19 bits per heavy atom. The maximum Gasteiger partial charge on any atom is 0.442 e. The summed E-state index contributed by atoms with van der Waals surface area (Å²) in [4.78, 5) is 38.3. The number of ether oxygens (including phenoxy) is 1. The number of carbonyl (C=O) groups is 3. The third kappa shape index (κ3) is 3.42. The van der Waals surface area contributed by atoms with Crippen molar-refractivity contribution in [1.82, 2.24) is 0 Å². The van der Waals surface area contributed by atoms with E-state index in [-0.39, 0.29) is 21.8 Å². The van der Waals surface area contributed by atoms with Gasteiger partial charge in [0, 0.05) is 21.7 Å². The quantitative estimate of drug-likeness (QED) is 0.433. The number of fused-ring (bicyclic) bond motifs is 1. The molecule has 1 N–H and O–H groups in total. The summed E-state index contributed by atoms with van der Waals surface area (Å²) in [6.45, 7) is 0. The summed E-state index contributed by atoms with van der Waals surface area (Å²) >= 11 is 5.82. The van der Waals surface area contributed by atoms with Gasteiger partial charge in [-0.25, -0.2) is 4.79 Å². The van der Waals surface area contributed by atoms with Gasteiger partial charge in [0.1, 0.15) is 0 Å². The first-order chi connectivity index (χ1) is 15.1. The highest BCUT2D eigenvalue weighted by Gasteiger charge is 2.69. The Morgan fingerprint density at radius 2 is 1.53 bits per heavy atom. The van der Waals surface area contributed by atoms with Gasteiger partial charge >= 0.3 is 17.7 Å². The first-order valence-electron chi connectivity index (χ1n) is 9.25. The summed E-state index contributed by atoms with van der Waals surface area (Å²) < 4.78 is 47.5. The Balaban J connectivity index is 1.79. The highest BCUT2D eigenvalue weighted by atomic mass is 35.5. The van der Waals surface area contributed by atoms with E-state index < -0.39 is 40.6 Å². The molecule has 0 spiro atoms. The number of esters is 1. The van der Waals surface area contributed by atoms with Crippen LogP contribution in [0, 0.1) is 0 Å². The van der Waals surface area contributed by atoms with Gasteiger partial charge in [-0.15, -0.1) is 0 Å². The van der Waals surface area contributed by atoms with Crippen molar-refractivity contribution >= 4 is 34.9 Å². The number of alkyl halides is 3. The molecule has 1 atom stereocenters. The molecule has 1 unspecified atom stereocenters. The Morgan fingerprint density at radius 1 is 0.906 bits per heavy atom. The fraction of sp³-hybridized carbons (Fsp3) is 0.0870. The molecule has 1 heterocycles. The van der Waals surface area contributed by atoms with E-state index in [0.29, 0.717) is 0 Å². The van der Waals surface area contributed by atoms with Crippen LogP contribution in [0.5, 0.6) is 0 Å². The lowest BCUT2D eigenvalue weighted by Crippen LogP contribution is -2.51. The number of nitrogens with one attached hydrogen (secondary N) is 1. The minimum absolute atomic E-state index is 0.0900. The van der Waals surface area contributed by atoms with Crippen molar-refractivity contribution in [1.29, 1.82) is 0 Å². The lowest BCUT2D eigenvalue weighted by Gasteiger charge is -2.29. The van der Waals surface area contributed by atoms with Crippen LogP contribution in [0.4, 0.5) is 18.9 Å². The van der Waals surface area contributed by atoms with Crippen LogP contribution in [0.25, 0.3) is 0 Å². The number of hydrogen-bond acceptors (Lipinski definition) is 4. The molecule has 5 nitrogen and oxygen atoms in total. The highest BCUT2D eigenvalue weighted by molar-refractivity contribution is 6.31. The second kappa shape index (κ2) is 7.80. The van der Waals surface area contributed by atoms with Crippen LogP contribution in [-0.2, 0) is 15.1 Å². The molecule has 3 aromatic rings. The van der Waals surface area contributed by atoms with Crippen LogP contribution >= 0.6 is 11.6 Å². The van der Waals surface area contributed by atoms with Crippen LogP contribution in [-0.4, -0.2) is 23.8 Å². The number of halogens is 4. The summed E-state index contributed by atoms with van der Waals surface area (Å²) in [6, 6.07) is 16.5. The van der Waals surface area contributed by atoms with Crippen LogP contribution in [0.15, 0.2) is 72.8 Å². The number of benzene rings is 3. The molecule has 4 rings (SSSR count). The average Bonchev–Trinajstić information content (AvgIpc) is 3.05. The smallest absolute Gasteiger partial charge is 0.430 e. The first-order valence-corrected chi connectivity index (χ1v) is 9.63. The normalized spacial score (nSPS) is 17.4. The van der Waals surface area contributed by atoms with E-state index >= 15 is 0 Å². The molecule has 0 bridgehead atoms. The van der Waals surface area contributed by atoms with Gasteiger partial charge in [0.25, 0.3) is 5.91 Å². The van der Waals surface area contributed by atoms with Crippen LogP contribution < -0.4 is 5.32 Å². The molecule has 1 aliphatic rings. The maximum atomic E-state index is 14.2. The maximum absolute atomic E-state index is 14.2. The number of rotatable bonds is 4. The molecule has 3 aromatic carbocycles. The van der Waals surface area contributed by atoms with E-state index in [9.17, 15) is 27.6 Å². The fourth-order valence-electron chi connectivity index (χ4n) is 3.50. The van der Waals surface area contributed by atoms with Gasteiger partial charge in [0.15, 0.2) is 5.78 Å². The summed E-state index contributed by atoms with van der Waals surface area (Å²) in [6.07, 6.45) is -5.29. The molecule has 1 amide bonds. The standard InChI is InChI=1S/C23H13ClF3NO4/c24-14-10-11-17-18(12-14)28-21(31)22(17,23(25,26)27)32-20(30)16-9-5-4-8-15(16)19(29)13-6-2-1-3-7-13/h1-12H,(H,28,31). The Labute approximate surface area is 184 Å². The largest absolute Gasteiger partial charge is 0.442 e. The van der Waals surface area contributed by atoms with Crippen LogP contribution in [0.3, 0.4) is 0 Å². The molecule has 1 aliphatic heterocycles. The van der Waals surface area contributed by atoms with Crippen LogP contribution in [0.1, 0.15) is 31.8 Å². The van der Waals surface area contributed by atoms with Gasteiger partial charge in [0.05, 0.1) is 11.3 Å². The molecule has 0 saturated carbocycles. The van der Waals surface area contributed by atoms with Crippen molar-refractivity contribution in [3.05, 3.63) is 100 Å². The zero-order chi connectivity index (χ0) is 23.1. The third-order valence-corrected chi connectivity index (χ3v) is 5.24. The monoisotopic (exact) mass is 459 g/mol. The lowest BCUT2D eigenvalue weighted by molar-refractivity contribution is -0.251. The van der Waals surface area contributed by atoms with E-state index in [1.165, 1.54) is 30.3 Å². The Kier molecular flexibility index (Phi) is 5.26.